The number of hydrogen-bond donors (Lipinski definition) is 1. The van der Waals surface area contributed by atoms with Crippen molar-refractivity contribution in [1.82, 2.24) is 15.0 Å². The molecule has 0 atom stereocenters. The summed E-state index contributed by atoms with van der Waals surface area (Å²) in [6.45, 7) is 5.98. The summed E-state index contributed by atoms with van der Waals surface area (Å²) in [7, 11) is 0. The van der Waals surface area contributed by atoms with E-state index in [9.17, 15) is 4.79 Å². The summed E-state index contributed by atoms with van der Waals surface area (Å²) in [5.41, 5.74) is 2.91. The lowest BCUT2D eigenvalue weighted by molar-refractivity contribution is 0.545. The molecular weight excluding hydrogens is 485 g/mol. The van der Waals surface area contributed by atoms with Gasteiger partial charge in [0.2, 0.25) is 0 Å². The van der Waals surface area contributed by atoms with Crippen molar-refractivity contribution in [1.29, 1.82) is 0 Å². The van der Waals surface area contributed by atoms with Crippen LogP contribution in [0.3, 0.4) is 0 Å². The van der Waals surface area contributed by atoms with Crippen LogP contribution in [0.4, 0.5) is 0 Å². The Morgan fingerprint density at radius 3 is 2.27 bits per heavy atom. The highest BCUT2D eigenvalue weighted by molar-refractivity contribution is 9.10. The number of pyridine rings is 1. The quantitative estimate of drug-likeness (QED) is 0.320. The lowest BCUT2D eigenvalue weighted by Gasteiger charge is -2.18. The molecule has 0 saturated heterocycles. The fraction of sp³-hybridized carbons (Fsp3) is 0.174. The van der Waals surface area contributed by atoms with Gasteiger partial charge in [-0.05, 0) is 35.9 Å². The molecule has 0 aliphatic rings. The van der Waals surface area contributed by atoms with E-state index in [1.165, 1.54) is 0 Å². The Morgan fingerprint density at radius 1 is 0.933 bits per heavy atom. The third kappa shape index (κ3) is 4.02. The van der Waals surface area contributed by atoms with Crippen molar-refractivity contribution in [3.8, 4) is 22.4 Å². The first-order chi connectivity index (χ1) is 14.1. The van der Waals surface area contributed by atoms with Gasteiger partial charge in [-0.3, -0.25) is 4.79 Å². The Hall–Kier alpha value is -2.21. The summed E-state index contributed by atoms with van der Waals surface area (Å²) in [6.07, 6.45) is 0. The van der Waals surface area contributed by atoms with Crippen molar-refractivity contribution < 1.29 is 0 Å². The van der Waals surface area contributed by atoms with Crippen LogP contribution in [0.25, 0.3) is 33.4 Å². The maximum Gasteiger partial charge on any atom is 0.260 e. The lowest BCUT2D eigenvalue weighted by atomic mass is 9.95. The third-order valence-electron chi connectivity index (χ3n) is 4.75. The molecule has 0 spiro atoms. The fourth-order valence-corrected chi connectivity index (χ4v) is 4.05. The molecule has 0 radical (unpaired) electrons. The molecule has 2 aromatic heterocycles. The molecule has 0 fully saturated rings. The van der Waals surface area contributed by atoms with Gasteiger partial charge in [0.15, 0.2) is 5.65 Å². The number of rotatable bonds is 2. The van der Waals surface area contributed by atoms with Crippen molar-refractivity contribution in [2.24, 2.45) is 0 Å². The van der Waals surface area contributed by atoms with Crippen molar-refractivity contribution in [3.63, 3.8) is 0 Å². The zero-order valence-corrected chi connectivity index (χ0v) is 19.7. The van der Waals surface area contributed by atoms with Crippen molar-refractivity contribution in [3.05, 3.63) is 79.2 Å². The van der Waals surface area contributed by atoms with E-state index < -0.39 is 0 Å². The molecule has 0 amide bonds. The fourth-order valence-electron chi connectivity index (χ4n) is 3.16. The number of hydrogen-bond acceptors (Lipinski definition) is 3. The molecule has 0 aliphatic carbocycles. The summed E-state index contributed by atoms with van der Waals surface area (Å²) in [5.74, 6) is 0.583. The summed E-state index contributed by atoms with van der Waals surface area (Å²) in [6, 6.07) is 14.8. The smallest absolute Gasteiger partial charge is 0.260 e. The highest BCUT2D eigenvalue weighted by Crippen LogP contribution is 2.37. The zero-order valence-electron chi connectivity index (χ0n) is 16.6. The van der Waals surface area contributed by atoms with E-state index in [1.54, 1.807) is 12.1 Å². The average Bonchev–Trinajstić information content (AvgIpc) is 2.67. The van der Waals surface area contributed by atoms with Gasteiger partial charge in [0.05, 0.1) is 16.1 Å². The van der Waals surface area contributed by atoms with Crippen LogP contribution < -0.4 is 5.56 Å². The summed E-state index contributed by atoms with van der Waals surface area (Å²) >= 11 is 16.1. The molecular formula is C23H18BrCl2N3O. The molecule has 0 aliphatic heterocycles. The lowest BCUT2D eigenvalue weighted by Crippen LogP contribution is -2.22. The molecule has 152 valence electrons. The molecule has 4 rings (SSSR count). The molecule has 1 N–H and O–H groups in total. The molecule has 30 heavy (non-hydrogen) atoms. The number of aromatic amines is 1. The number of nitrogens with zero attached hydrogens (tertiary/aromatic N) is 2. The molecule has 4 aromatic rings. The highest BCUT2D eigenvalue weighted by Gasteiger charge is 2.21. The molecule has 7 heteroatoms. The van der Waals surface area contributed by atoms with E-state index in [0.717, 1.165) is 21.2 Å². The van der Waals surface area contributed by atoms with Crippen LogP contribution in [0.1, 0.15) is 26.6 Å². The largest absolute Gasteiger partial charge is 0.309 e. The minimum absolute atomic E-state index is 0.221. The molecule has 0 bridgehead atoms. The van der Waals surface area contributed by atoms with E-state index in [1.807, 2.05) is 57.2 Å². The minimum atomic E-state index is -0.320. The predicted molar refractivity (Wildman–Crippen MR) is 127 cm³/mol. The maximum atomic E-state index is 12.9. The first-order valence-electron chi connectivity index (χ1n) is 9.30. The van der Waals surface area contributed by atoms with Crippen molar-refractivity contribution >= 4 is 50.2 Å². The van der Waals surface area contributed by atoms with Crippen molar-refractivity contribution in [2.75, 3.05) is 0 Å². The Morgan fingerprint density at radius 2 is 1.63 bits per heavy atom. The predicted octanol–water partition coefficient (Wildman–Crippen LogP) is 7.02. The highest BCUT2D eigenvalue weighted by atomic mass is 79.9. The second kappa shape index (κ2) is 7.80. The van der Waals surface area contributed by atoms with Crippen molar-refractivity contribution in [2.45, 2.75) is 26.2 Å². The van der Waals surface area contributed by atoms with E-state index in [-0.39, 0.29) is 11.0 Å². The average molecular weight is 503 g/mol. The number of H-pyrrole nitrogens is 1. The monoisotopic (exact) mass is 501 g/mol. The zero-order chi connectivity index (χ0) is 21.6. The second-order valence-corrected chi connectivity index (χ2v) is 9.81. The van der Waals surface area contributed by atoms with Crippen LogP contribution in [0.2, 0.25) is 10.0 Å². The Labute approximate surface area is 192 Å². The Kier molecular flexibility index (Phi) is 5.47. The van der Waals surface area contributed by atoms with Gasteiger partial charge in [0, 0.05) is 26.0 Å². The van der Waals surface area contributed by atoms with Gasteiger partial charge in [-0.15, -0.1) is 0 Å². The minimum Gasteiger partial charge on any atom is -0.309 e. The molecule has 2 aromatic carbocycles. The van der Waals surface area contributed by atoms with Crippen LogP contribution in [0.15, 0.2) is 57.8 Å². The van der Waals surface area contributed by atoms with E-state index in [4.69, 9.17) is 28.2 Å². The number of benzene rings is 2. The summed E-state index contributed by atoms with van der Waals surface area (Å²) < 4.78 is 0.870. The number of nitrogens with one attached hydrogen (secondary N) is 1. The topological polar surface area (TPSA) is 58.6 Å². The van der Waals surface area contributed by atoms with Gasteiger partial charge in [-0.25, -0.2) is 9.97 Å². The van der Waals surface area contributed by atoms with Gasteiger partial charge in [0.25, 0.3) is 5.56 Å². The first kappa shape index (κ1) is 21.0. The SMILES string of the molecule is CC(C)(C)c1nc2nc(-c3ccc(Br)cc3Cl)c(-c3ccc(Cl)cc3)cc2c(=O)[nH]1. The van der Waals surface area contributed by atoms with E-state index in [0.29, 0.717) is 32.6 Å². The van der Waals surface area contributed by atoms with E-state index in [2.05, 4.69) is 25.9 Å². The standard InChI is InChI=1S/C23H18BrCl2N3O/c1-23(2,3)22-28-20-17(21(30)29-22)11-16(12-4-7-14(25)8-5-12)19(27-20)15-9-6-13(24)10-18(15)26/h4-11H,1-3H3,(H,27,28,29,30). The Balaban J connectivity index is 2.08. The maximum absolute atomic E-state index is 12.9. The van der Waals surface area contributed by atoms with Crippen LogP contribution >= 0.6 is 39.1 Å². The van der Waals surface area contributed by atoms with Crippen LogP contribution in [0.5, 0.6) is 0 Å². The van der Waals surface area contributed by atoms with Gasteiger partial charge < -0.3 is 4.98 Å². The number of halogens is 3. The molecule has 2 heterocycles. The van der Waals surface area contributed by atoms with Gasteiger partial charge >= 0.3 is 0 Å². The first-order valence-corrected chi connectivity index (χ1v) is 10.9. The van der Waals surface area contributed by atoms with E-state index >= 15 is 0 Å². The summed E-state index contributed by atoms with van der Waals surface area (Å²) in [4.78, 5) is 25.2. The van der Waals surface area contributed by atoms with Crippen LogP contribution in [-0.2, 0) is 5.41 Å². The third-order valence-corrected chi connectivity index (χ3v) is 5.81. The second-order valence-electron chi connectivity index (χ2n) is 8.05. The van der Waals surface area contributed by atoms with Gasteiger partial charge in [-0.2, -0.15) is 0 Å². The molecule has 4 nitrogen and oxygen atoms in total. The van der Waals surface area contributed by atoms with Gasteiger partial charge in [0.1, 0.15) is 5.82 Å². The molecule has 0 saturated carbocycles. The Bertz CT molecular complexity index is 1330. The normalized spacial score (nSPS) is 11.8. The van der Waals surface area contributed by atoms with Crippen LogP contribution in [0, 0.1) is 0 Å². The number of fused-ring (bicyclic) bond motifs is 1. The van der Waals surface area contributed by atoms with Gasteiger partial charge in [-0.1, -0.05) is 78.1 Å². The molecule has 0 unspecified atom stereocenters. The number of aromatic nitrogens is 3. The summed E-state index contributed by atoms with van der Waals surface area (Å²) in [5, 5.41) is 1.60. The van der Waals surface area contributed by atoms with Crippen LogP contribution in [-0.4, -0.2) is 15.0 Å².